The van der Waals surface area contributed by atoms with Crippen LogP contribution in [0.15, 0.2) is 0 Å². The fraction of sp³-hybridized carbons (Fsp3) is 0.885. The summed E-state index contributed by atoms with van der Waals surface area (Å²) in [6.07, 6.45) is 13.6. The van der Waals surface area contributed by atoms with Gasteiger partial charge in [-0.2, -0.15) is 9.97 Å². The monoisotopic (exact) mass is 463 g/mol. The Morgan fingerprint density at radius 1 is 0.727 bits per heavy atom. The van der Waals surface area contributed by atoms with Crippen LogP contribution in [-0.2, 0) is 0 Å². The largest absolute Gasteiger partial charge is 0.463 e. The predicted molar refractivity (Wildman–Crippen MR) is 136 cm³/mol. The third-order valence-corrected chi connectivity index (χ3v) is 6.47. The van der Waals surface area contributed by atoms with Crippen LogP contribution in [0.4, 0.5) is 5.95 Å². The summed E-state index contributed by atoms with van der Waals surface area (Å²) in [6, 6.07) is 0.877. The molecule has 1 aliphatic heterocycles. The van der Waals surface area contributed by atoms with Gasteiger partial charge in [0, 0.05) is 17.1 Å². The summed E-state index contributed by atoms with van der Waals surface area (Å²) >= 11 is 0. The van der Waals surface area contributed by atoms with Crippen molar-refractivity contribution < 1.29 is 9.47 Å². The van der Waals surface area contributed by atoms with E-state index in [1.54, 1.807) is 0 Å². The van der Waals surface area contributed by atoms with Gasteiger partial charge in [-0.15, -0.1) is 4.98 Å². The van der Waals surface area contributed by atoms with E-state index >= 15 is 0 Å². The lowest BCUT2D eigenvalue weighted by Crippen LogP contribution is -2.64. The van der Waals surface area contributed by atoms with Crippen LogP contribution in [0, 0.1) is 0 Å². The summed E-state index contributed by atoms with van der Waals surface area (Å²) in [5.41, 5.74) is 6.02. The van der Waals surface area contributed by atoms with E-state index in [0.717, 1.165) is 38.5 Å². The molecule has 2 N–H and O–H groups in total. The van der Waals surface area contributed by atoms with E-state index in [1.807, 2.05) is 0 Å². The Hall–Kier alpha value is -1.63. The van der Waals surface area contributed by atoms with E-state index in [1.165, 1.54) is 38.5 Å². The van der Waals surface area contributed by atoms with Crippen molar-refractivity contribution in [2.75, 3.05) is 18.1 Å². The minimum absolute atomic E-state index is 0.158. The standard InChI is InChI=1S/C26H49N5O2/c1-7-9-11-13-15-17-32-23-28-22(29-24(30-23)33-18-16-14-12-10-8-2)31-25(3,4)19-21(27)20-26(31,5)6/h21H,7-20,27H2,1-6H3. The van der Waals surface area contributed by atoms with Crippen molar-refractivity contribution in [1.82, 2.24) is 15.0 Å². The van der Waals surface area contributed by atoms with Gasteiger partial charge in [-0.25, -0.2) is 0 Å². The molecule has 0 radical (unpaired) electrons. The van der Waals surface area contributed by atoms with Gasteiger partial charge in [-0.05, 0) is 53.4 Å². The van der Waals surface area contributed by atoms with Gasteiger partial charge >= 0.3 is 12.0 Å². The highest BCUT2D eigenvalue weighted by Crippen LogP contribution is 2.40. The van der Waals surface area contributed by atoms with E-state index in [4.69, 9.17) is 25.2 Å². The first kappa shape index (κ1) is 27.6. The summed E-state index contributed by atoms with van der Waals surface area (Å²) in [5.74, 6) is 0.619. The van der Waals surface area contributed by atoms with Crippen molar-refractivity contribution in [2.45, 2.75) is 136 Å². The zero-order valence-electron chi connectivity index (χ0n) is 22.2. The Bertz CT molecular complexity index is 643. The van der Waals surface area contributed by atoms with E-state index in [2.05, 4.69) is 51.4 Å². The molecular weight excluding hydrogens is 414 g/mol. The number of aromatic nitrogens is 3. The molecule has 0 spiro atoms. The zero-order chi connectivity index (χ0) is 24.3. The zero-order valence-corrected chi connectivity index (χ0v) is 22.2. The van der Waals surface area contributed by atoms with Crippen LogP contribution in [-0.4, -0.2) is 45.3 Å². The van der Waals surface area contributed by atoms with Gasteiger partial charge in [0.2, 0.25) is 5.95 Å². The number of nitrogens with two attached hydrogens (primary N) is 1. The molecule has 2 rings (SSSR count). The number of hydrogen-bond donors (Lipinski definition) is 1. The second kappa shape index (κ2) is 13.3. The molecule has 2 heterocycles. The Balaban J connectivity index is 2.15. The predicted octanol–water partition coefficient (Wildman–Crippen LogP) is 6.05. The quantitative estimate of drug-likeness (QED) is 0.317. The Labute approximate surface area is 202 Å². The van der Waals surface area contributed by atoms with Crippen LogP contribution in [0.2, 0.25) is 0 Å². The van der Waals surface area contributed by atoms with Crippen molar-refractivity contribution in [2.24, 2.45) is 5.73 Å². The van der Waals surface area contributed by atoms with Crippen LogP contribution < -0.4 is 20.1 Å². The lowest BCUT2D eigenvalue weighted by atomic mass is 9.77. The first-order chi connectivity index (χ1) is 15.7. The molecule has 1 aromatic heterocycles. The summed E-state index contributed by atoms with van der Waals surface area (Å²) < 4.78 is 12.0. The third-order valence-electron chi connectivity index (χ3n) is 6.47. The summed E-state index contributed by atoms with van der Waals surface area (Å²) in [4.78, 5) is 16.2. The molecule has 1 fully saturated rings. The van der Waals surface area contributed by atoms with E-state index < -0.39 is 0 Å². The number of hydrogen-bond acceptors (Lipinski definition) is 7. The molecule has 0 unspecified atom stereocenters. The number of nitrogens with zero attached hydrogens (tertiary/aromatic N) is 4. The molecule has 0 aromatic carbocycles. The highest BCUT2D eigenvalue weighted by atomic mass is 16.5. The van der Waals surface area contributed by atoms with E-state index in [9.17, 15) is 0 Å². The molecule has 1 aromatic rings. The first-order valence-corrected chi connectivity index (χ1v) is 13.3. The number of rotatable bonds is 15. The lowest BCUT2D eigenvalue weighted by molar-refractivity contribution is 0.210. The van der Waals surface area contributed by atoms with Crippen molar-refractivity contribution in [3.05, 3.63) is 0 Å². The van der Waals surface area contributed by atoms with Crippen molar-refractivity contribution in [3.63, 3.8) is 0 Å². The van der Waals surface area contributed by atoms with Crippen LogP contribution in [0.1, 0.15) is 119 Å². The molecule has 33 heavy (non-hydrogen) atoms. The second-order valence-corrected chi connectivity index (χ2v) is 10.9. The summed E-state index contributed by atoms with van der Waals surface area (Å²) in [7, 11) is 0. The molecule has 0 aliphatic carbocycles. The smallest absolute Gasteiger partial charge is 0.324 e. The normalized spacial score (nSPS) is 17.8. The number of unbranched alkanes of at least 4 members (excludes halogenated alkanes) is 8. The van der Waals surface area contributed by atoms with Crippen molar-refractivity contribution >= 4 is 5.95 Å². The minimum atomic E-state index is -0.183. The molecule has 7 heteroatoms. The van der Waals surface area contributed by atoms with Crippen molar-refractivity contribution in [1.29, 1.82) is 0 Å². The average Bonchev–Trinajstić information content (AvgIpc) is 2.71. The molecule has 0 saturated carbocycles. The molecule has 0 atom stereocenters. The van der Waals surface area contributed by atoms with Gasteiger partial charge in [0.05, 0.1) is 13.2 Å². The average molecular weight is 464 g/mol. The van der Waals surface area contributed by atoms with Gasteiger partial charge < -0.3 is 20.1 Å². The van der Waals surface area contributed by atoms with Crippen LogP contribution in [0.3, 0.4) is 0 Å². The molecule has 190 valence electrons. The fourth-order valence-electron chi connectivity index (χ4n) is 5.19. The van der Waals surface area contributed by atoms with Gasteiger partial charge in [0.25, 0.3) is 0 Å². The summed E-state index contributed by atoms with van der Waals surface area (Å²) in [6.45, 7) is 14.5. The Morgan fingerprint density at radius 3 is 1.58 bits per heavy atom. The van der Waals surface area contributed by atoms with Crippen LogP contribution in [0.25, 0.3) is 0 Å². The highest BCUT2D eigenvalue weighted by Gasteiger charge is 2.46. The Morgan fingerprint density at radius 2 is 1.15 bits per heavy atom. The number of ether oxygens (including phenoxy) is 2. The number of piperidine rings is 1. The van der Waals surface area contributed by atoms with Gasteiger partial charge in [0.15, 0.2) is 0 Å². The first-order valence-electron chi connectivity index (χ1n) is 13.3. The topological polar surface area (TPSA) is 86.4 Å². The summed E-state index contributed by atoms with van der Waals surface area (Å²) in [5, 5.41) is 0. The van der Waals surface area contributed by atoms with Gasteiger partial charge in [-0.1, -0.05) is 65.2 Å². The maximum Gasteiger partial charge on any atom is 0.324 e. The van der Waals surface area contributed by atoms with Crippen LogP contribution in [0.5, 0.6) is 12.0 Å². The Kier molecular flexibility index (Phi) is 11.1. The van der Waals surface area contributed by atoms with E-state index in [0.29, 0.717) is 31.2 Å². The molecule has 0 amide bonds. The molecular formula is C26H49N5O2. The maximum atomic E-state index is 6.39. The SMILES string of the molecule is CCCCCCCOc1nc(OCCCCCCC)nc(N2C(C)(C)CC(N)CC2(C)C)n1. The lowest BCUT2D eigenvalue weighted by Gasteiger charge is -2.54. The van der Waals surface area contributed by atoms with Gasteiger partial charge in [0.1, 0.15) is 0 Å². The van der Waals surface area contributed by atoms with Crippen LogP contribution >= 0.6 is 0 Å². The maximum absolute atomic E-state index is 6.39. The molecule has 7 nitrogen and oxygen atoms in total. The van der Waals surface area contributed by atoms with E-state index in [-0.39, 0.29) is 17.1 Å². The number of anilines is 1. The third kappa shape index (κ3) is 8.91. The van der Waals surface area contributed by atoms with Gasteiger partial charge in [-0.3, -0.25) is 0 Å². The molecule has 1 saturated heterocycles. The molecule has 0 bridgehead atoms. The fourth-order valence-corrected chi connectivity index (χ4v) is 5.19. The highest BCUT2D eigenvalue weighted by molar-refractivity contribution is 5.42. The second-order valence-electron chi connectivity index (χ2n) is 10.9. The van der Waals surface area contributed by atoms with Crippen molar-refractivity contribution in [3.8, 4) is 12.0 Å². The minimum Gasteiger partial charge on any atom is -0.463 e. The molecule has 1 aliphatic rings.